The molecule has 0 aliphatic rings. The first kappa shape index (κ1) is 12.6. The monoisotopic (exact) mass is 255 g/mol. The minimum atomic E-state index is 0.148. The van der Waals surface area contributed by atoms with Gasteiger partial charge in [-0.3, -0.25) is 0 Å². The Bertz CT molecular complexity index is 648. The van der Waals surface area contributed by atoms with Crippen LogP contribution in [-0.2, 0) is 6.54 Å². The van der Waals surface area contributed by atoms with Crippen molar-refractivity contribution in [2.45, 2.75) is 13.5 Å². The van der Waals surface area contributed by atoms with E-state index in [-0.39, 0.29) is 5.75 Å². The summed E-state index contributed by atoms with van der Waals surface area (Å²) in [5, 5.41) is 21.5. The molecule has 19 heavy (non-hydrogen) atoms. The first-order valence-electron chi connectivity index (χ1n) is 5.65. The number of rotatable bonds is 3. The van der Waals surface area contributed by atoms with E-state index in [4.69, 9.17) is 11.0 Å². The van der Waals surface area contributed by atoms with Gasteiger partial charge in [-0.25, -0.2) is 9.97 Å². The normalized spacial score (nSPS) is 9.89. The molecule has 0 saturated heterocycles. The highest BCUT2D eigenvalue weighted by atomic mass is 16.3. The van der Waals surface area contributed by atoms with Gasteiger partial charge in [0.05, 0.1) is 0 Å². The second-order valence-electron chi connectivity index (χ2n) is 4.07. The Hall–Kier alpha value is -2.81. The average Bonchev–Trinajstić information content (AvgIpc) is 2.39. The van der Waals surface area contributed by atoms with Crippen molar-refractivity contribution in [1.82, 2.24) is 9.97 Å². The number of anilines is 2. The lowest BCUT2D eigenvalue weighted by atomic mass is 10.2. The van der Waals surface area contributed by atoms with Crippen LogP contribution >= 0.6 is 0 Å². The molecular formula is C13H13N5O. The van der Waals surface area contributed by atoms with Crippen LogP contribution in [0.25, 0.3) is 0 Å². The third-order valence-corrected chi connectivity index (χ3v) is 2.51. The lowest BCUT2D eigenvalue weighted by Gasteiger charge is -2.08. The number of hydrogen-bond acceptors (Lipinski definition) is 6. The molecule has 0 fully saturated rings. The van der Waals surface area contributed by atoms with Gasteiger partial charge in [-0.05, 0) is 31.2 Å². The maximum Gasteiger partial charge on any atom is 0.224 e. The predicted octanol–water partition coefficient (Wildman–Crippen LogP) is 1.56. The first-order valence-corrected chi connectivity index (χ1v) is 5.65. The van der Waals surface area contributed by atoms with Crippen LogP contribution in [0.3, 0.4) is 0 Å². The zero-order chi connectivity index (χ0) is 13.8. The molecule has 0 amide bonds. The number of phenols is 1. The van der Waals surface area contributed by atoms with Gasteiger partial charge >= 0.3 is 0 Å². The highest BCUT2D eigenvalue weighted by Crippen LogP contribution is 2.20. The minimum absolute atomic E-state index is 0.148. The number of nitrogens with zero attached hydrogens (tertiary/aromatic N) is 3. The maximum absolute atomic E-state index is 9.68. The fraction of sp³-hybridized carbons (Fsp3) is 0.154. The van der Waals surface area contributed by atoms with Crippen molar-refractivity contribution in [2.75, 3.05) is 11.1 Å². The summed E-state index contributed by atoms with van der Waals surface area (Å²) < 4.78 is 0. The van der Waals surface area contributed by atoms with E-state index in [1.807, 2.05) is 6.07 Å². The lowest BCUT2D eigenvalue weighted by Crippen LogP contribution is -2.06. The molecule has 6 nitrogen and oxygen atoms in total. The number of nitrogens with two attached hydrogens (primary N) is 1. The van der Waals surface area contributed by atoms with Crippen molar-refractivity contribution < 1.29 is 5.11 Å². The Balaban J connectivity index is 2.17. The van der Waals surface area contributed by atoms with Gasteiger partial charge in [0.1, 0.15) is 17.5 Å². The summed E-state index contributed by atoms with van der Waals surface area (Å²) in [6.07, 6.45) is 0. The standard InChI is InChI=1S/C13H13N5O/c1-8-4-11(6-14)18-13(17-8)16-7-9-5-10(15)2-3-12(9)19/h2-5,19H,7,15H2,1H3,(H,16,17,18). The minimum Gasteiger partial charge on any atom is -0.508 e. The van der Waals surface area contributed by atoms with Crippen molar-refractivity contribution in [1.29, 1.82) is 5.26 Å². The second-order valence-corrected chi connectivity index (χ2v) is 4.07. The fourth-order valence-electron chi connectivity index (χ4n) is 1.63. The Morgan fingerprint density at radius 1 is 1.37 bits per heavy atom. The highest BCUT2D eigenvalue weighted by molar-refractivity contribution is 5.48. The molecule has 0 unspecified atom stereocenters. The van der Waals surface area contributed by atoms with Gasteiger partial charge in [-0.15, -0.1) is 0 Å². The van der Waals surface area contributed by atoms with Crippen molar-refractivity contribution in [2.24, 2.45) is 0 Å². The third kappa shape index (κ3) is 3.10. The number of benzene rings is 1. The number of aryl methyl sites for hydroxylation is 1. The van der Waals surface area contributed by atoms with E-state index < -0.39 is 0 Å². The predicted molar refractivity (Wildman–Crippen MR) is 71.3 cm³/mol. The molecule has 0 radical (unpaired) electrons. The summed E-state index contributed by atoms with van der Waals surface area (Å²) in [6.45, 7) is 2.11. The van der Waals surface area contributed by atoms with Gasteiger partial charge in [-0.2, -0.15) is 5.26 Å². The van der Waals surface area contributed by atoms with Crippen LogP contribution in [0, 0.1) is 18.3 Å². The van der Waals surface area contributed by atoms with Crippen LogP contribution < -0.4 is 11.1 Å². The fourth-order valence-corrected chi connectivity index (χ4v) is 1.63. The summed E-state index contributed by atoms with van der Waals surface area (Å²) >= 11 is 0. The van der Waals surface area contributed by atoms with Crippen molar-refractivity contribution in [3.05, 3.63) is 41.2 Å². The molecule has 4 N–H and O–H groups in total. The van der Waals surface area contributed by atoms with Crippen LogP contribution in [0.15, 0.2) is 24.3 Å². The lowest BCUT2D eigenvalue weighted by molar-refractivity contribution is 0.469. The molecule has 2 aromatic rings. The van der Waals surface area contributed by atoms with Crippen LogP contribution in [0.4, 0.5) is 11.6 Å². The van der Waals surface area contributed by atoms with Crippen LogP contribution in [-0.4, -0.2) is 15.1 Å². The Morgan fingerprint density at radius 3 is 2.89 bits per heavy atom. The number of nitrogens with one attached hydrogen (secondary N) is 1. The quantitative estimate of drug-likeness (QED) is 0.567. The number of hydrogen-bond donors (Lipinski definition) is 3. The first-order chi connectivity index (χ1) is 9.08. The van der Waals surface area contributed by atoms with Gasteiger partial charge in [-0.1, -0.05) is 0 Å². The molecule has 0 aliphatic carbocycles. The molecule has 1 aromatic carbocycles. The zero-order valence-electron chi connectivity index (χ0n) is 10.4. The van der Waals surface area contributed by atoms with Crippen molar-refractivity contribution in [3.8, 4) is 11.8 Å². The van der Waals surface area contributed by atoms with Gasteiger partial charge in [0, 0.05) is 23.5 Å². The molecule has 0 spiro atoms. The second kappa shape index (κ2) is 5.23. The summed E-state index contributed by atoms with van der Waals surface area (Å²) in [5.74, 6) is 0.494. The van der Waals surface area contributed by atoms with Gasteiger partial charge in [0.15, 0.2) is 0 Å². The smallest absolute Gasteiger partial charge is 0.224 e. The summed E-state index contributed by atoms with van der Waals surface area (Å²) in [5.41, 5.74) is 7.86. The number of aromatic hydroxyl groups is 1. The van der Waals surface area contributed by atoms with Crippen LogP contribution in [0.5, 0.6) is 5.75 Å². The maximum atomic E-state index is 9.68. The van der Waals surface area contributed by atoms with Gasteiger partial charge < -0.3 is 16.2 Å². The molecule has 0 saturated carbocycles. The molecule has 2 rings (SSSR count). The van der Waals surface area contributed by atoms with Gasteiger partial charge in [0.25, 0.3) is 0 Å². The zero-order valence-corrected chi connectivity index (χ0v) is 10.4. The van der Waals surface area contributed by atoms with E-state index in [0.29, 0.717) is 35.1 Å². The molecule has 1 heterocycles. The Labute approximate surface area is 110 Å². The molecule has 0 bridgehead atoms. The Morgan fingerprint density at radius 2 is 2.16 bits per heavy atom. The van der Waals surface area contributed by atoms with Gasteiger partial charge in [0.2, 0.25) is 5.95 Å². The molecule has 0 aliphatic heterocycles. The SMILES string of the molecule is Cc1cc(C#N)nc(NCc2cc(N)ccc2O)n1. The van der Waals surface area contributed by atoms with Crippen molar-refractivity contribution >= 4 is 11.6 Å². The Kier molecular flexibility index (Phi) is 3.48. The number of aromatic nitrogens is 2. The van der Waals surface area contributed by atoms with E-state index in [0.717, 1.165) is 0 Å². The van der Waals surface area contributed by atoms with E-state index in [9.17, 15) is 5.11 Å². The molecular weight excluding hydrogens is 242 g/mol. The van der Waals surface area contributed by atoms with E-state index >= 15 is 0 Å². The topological polar surface area (TPSA) is 108 Å². The third-order valence-electron chi connectivity index (χ3n) is 2.51. The number of nitriles is 1. The molecule has 0 atom stereocenters. The number of nitrogen functional groups attached to an aromatic ring is 1. The summed E-state index contributed by atoms with van der Waals surface area (Å²) in [6, 6.07) is 8.39. The largest absolute Gasteiger partial charge is 0.508 e. The molecule has 96 valence electrons. The van der Waals surface area contributed by atoms with Crippen LogP contribution in [0.2, 0.25) is 0 Å². The van der Waals surface area contributed by atoms with E-state index in [1.54, 1.807) is 25.1 Å². The van der Waals surface area contributed by atoms with Crippen LogP contribution in [0.1, 0.15) is 17.0 Å². The summed E-state index contributed by atoms with van der Waals surface area (Å²) in [7, 11) is 0. The van der Waals surface area contributed by atoms with E-state index in [1.165, 1.54) is 6.07 Å². The average molecular weight is 255 g/mol. The van der Waals surface area contributed by atoms with Crippen molar-refractivity contribution in [3.63, 3.8) is 0 Å². The molecule has 6 heteroatoms. The molecule has 1 aromatic heterocycles. The summed E-state index contributed by atoms with van der Waals surface area (Å²) in [4.78, 5) is 8.19. The van der Waals surface area contributed by atoms with E-state index in [2.05, 4.69) is 15.3 Å². The number of phenolic OH excluding ortho intramolecular Hbond substituents is 1. The highest BCUT2D eigenvalue weighted by Gasteiger charge is 2.04.